The summed E-state index contributed by atoms with van der Waals surface area (Å²) in [6.07, 6.45) is 1.11. The molecule has 6 nitrogen and oxygen atoms in total. The molecule has 0 aliphatic carbocycles. The fourth-order valence-corrected chi connectivity index (χ4v) is 3.50. The van der Waals surface area contributed by atoms with E-state index in [-0.39, 0.29) is 18.0 Å². The van der Waals surface area contributed by atoms with Crippen LogP contribution in [0.15, 0.2) is 30.3 Å². The predicted molar refractivity (Wildman–Crippen MR) is 90.5 cm³/mol. The molecular formula is C18H25N3O3. The number of rotatable bonds is 5. The zero-order chi connectivity index (χ0) is 16.9. The zero-order valence-electron chi connectivity index (χ0n) is 14.1. The number of carbonyl (C=O) groups excluding carboxylic acids is 2. The molecule has 2 saturated heterocycles. The lowest BCUT2D eigenvalue weighted by Gasteiger charge is -2.37. The van der Waals surface area contributed by atoms with Gasteiger partial charge >= 0.3 is 6.03 Å². The number of piperidine rings is 1. The summed E-state index contributed by atoms with van der Waals surface area (Å²) in [5.74, 6) is 0.0207. The highest BCUT2D eigenvalue weighted by atomic mass is 16.5. The van der Waals surface area contributed by atoms with Crippen LogP contribution >= 0.6 is 0 Å². The second kappa shape index (κ2) is 7.66. The second-order valence-corrected chi connectivity index (χ2v) is 6.23. The van der Waals surface area contributed by atoms with Crippen LogP contribution in [0.4, 0.5) is 4.79 Å². The summed E-state index contributed by atoms with van der Waals surface area (Å²) < 4.78 is 5.72. The Balaban J connectivity index is 1.62. The molecule has 1 N–H and O–H groups in total. The molecule has 0 spiro atoms. The number of nitrogens with one attached hydrogen (secondary N) is 1. The largest absolute Gasteiger partial charge is 0.364 e. The molecule has 3 amide bonds. The van der Waals surface area contributed by atoms with Crippen LogP contribution in [-0.2, 0) is 9.53 Å². The third-order valence-electron chi connectivity index (χ3n) is 4.77. The molecule has 0 saturated carbocycles. The van der Waals surface area contributed by atoms with Crippen LogP contribution in [-0.4, -0.2) is 60.6 Å². The number of hydrogen-bond donors (Lipinski definition) is 1. The van der Waals surface area contributed by atoms with Crippen LogP contribution in [0.25, 0.3) is 0 Å². The van der Waals surface area contributed by atoms with Crippen molar-refractivity contribution in [3.05, 3.63) is 35.9 Å². The van der Waals surface area contributed by atoms with Gasteiger partial charge in [0.2, 0.25) is 0 Å². The maximum Gasteiger partial charge on any atom is 0.317 e. The summed E-state index contributed by atoms with van der Waals surface area (Å²) in [4.78, 5) is 28.4. The molecular weight excluding hydrogens is 306 g/mol. The number of ether oxygens (including phenoxy) is 1. The van der Waals surface area contributed by atoms with Crippen LogP contribution in [0.1, 0.15) is 31.4 Å². The molecule has 0 bridgehead atoms. The van der Waals surface area contributed by atoms with Crippen molar-refractivity contribution in [1.29, 1.82) is 0 Å². The quantitative estimate of drug-likeness (QED) is 0.895. The fourth-order valence-electron chi connectivity index (χ4n) is 3.50. The summed E-state index contributed by atoms with van der Waals surface area (Å²) in [7, 11) is 0. The molecule has 6 heteroatoms. The van der Waals surface area contributed by atoms with E-state index in [1.54, 1.807) is 0 Å². The van der Waals surface area contributed by atoms with Crippen molar-refractivity contribution in [3.63, 3.8) is 0 Å². The van der Waals surface area contributed by atoms with E-state index in [4.69, 9.17) is 4.74 Å². The number of urea groups is 1. The van der Waals surface area contributed by atoms with Crippen molar-refractivity contribution < 1.29 is 14.3 Å². The van der Waals surface area contributed by atoms with Gasteiger partial charge in [-0.3, -0.25) is 4.79 Å². The highest BCUT2D eigenvalue weighted by Gasteiger charge is 2.34. The summed E-state index contributed by atoms with van der Waals surface area (Å²) in [6, 6.07) is 9.90. The number of hydrogen-bond acceptors (Lipinski definition) is 3. The van der Waals surface area contributed by atoms with E-state index < -0.39 is 6.10 Å². The van der Waals surface area contributed by atoms with Gasteiger partial charge in [-0.05, 0) is 25.3 Å². The van der Waals surface area contributed by atoms with Gasteiger partial charge in [0.1, 0.15) is 0 Å². The van der Waals surface area contributed by atoms with Gasteiger partial charge in [-0.2, -0.15) is 0 Å². The number of nitrogens with zero attached hydrogens (tertiary/aromatic N) is 2. The van der Waals surface area contributed by atoms with E-state index in [2.05, 4.69) is 5.32 Å². The Morgan fingerprint density at radius 1 is 1.25 bits per heavy atom. The van der Waals surface area contributed by atoms with E-state index in [1.807, 2.05) is 47.1 Å². The normalized spacial score (nSPS) is 20.1. The van der Waals surface area contributed by atoms with Crippen LogP contribution in [0.3, 0.4) is 0 Å². The summed E-state index contributed by atoms with van der Waals surface area (Å²) in [6.45, 7) is 5.23. The monoisotopic (exact) mass is 331 g/mol. The first-order valence-electron chi connectivity index (χ1n) is 8.70. The summed E-state index contributed by atoms with van der Waals surface area (Å²) >= 11 is 0. The van der Waals surface area contributed by atoms with E-state index in [0.29, 0.717) is 19.7 Å². The molecule has 0 unspecified atom stereocenters. The number of carbonyl (C=O) groups is 2. The summed E-state index contributed by atoms with van der Waals surface area (Å²) in [5, 5.41) is 2.84. The molecule has 2 aliphatic rings. The molecule has 24 heavy (non-hydrogen) atoms. The first-order valence-corrected chi connectivity index (χ1v) is 8.70. The van der Waals surface area contributed by atoms with E-state index >= 15 is 0 Å². The van der Waals surface area contributed by atoms with Gasteiger partial charge in [-0.25, -0.2) is 4.79 Å². The Hall–Kier alpha value is -2.08. The minimum Gasteiger partial charge on any atom is -0.364 e. The van der Waals surface area contributed by atoms with Gasteiger partial charge in [-0.15, -0.1) is 0 Å². The van der Waals surface area contributed by atoms with Crippen LogP contribution < -0.4 is 5.32 Å². The van der Waals surface area contributed by atoms with Crippen LogP contribution in [0, 0.1) is 0 Å². The van der Waals surface area contributed by atoms with Gasteiger partial charge in [-0.1, -0.05) is 30.3 Å². The molecule has 1 atom stereocenters. The number of benzene rings is 1. The van der Waals surface area contributed by atoms with Crippen molar-refractivity contribution in [2.75, 3.05) is 32.8 Å². The molecule has 2 heterocycles. The van der Waals surface area contributed by atoms with E-state index in [1.165, 1.54) is 0 Å². The maximum absolute atomic E-state index is 12.9. The van der Waals surface area contributed by atoms with Gasteiger partial charge in [0.15, 0.2) is 6.10 Å². The molecule has 2 fully saturated rings. The lowest BCUT2D eigenvalue weighted by Crippen LogP contribution is -2.49. The third kappa shape index (κ3) is 3.53. The molecule has 1 aromatic rings. The third-order valence-corrected chi connectivity index (χ3v) is 4.77. The Morgan fingerprint density at radius 2 is 1.96 bits per heavy atom. The Morgan fingerprint density at radius 3 is 2.54 bits per heavy atom. The van der Waals surface area contributed by atoms with Crippen molar-refractivity contribution in [3.8, 4) is 0 Å². The SMILES string of the molecule is CCO[C@@H](C(=O)N1CCC(N2CCNC2=O)CC1)c1ccccc1. The predicted octanol–water partition coefficient (Wildman–Crippen LogP) is 1.78. The minimum absolute atomic E-state index is 0.0207. The highest BCUT2D eigenvalue weighted by molar-refractivity contribution is 5.82. The highest BCUT2D eigenvalue weighted by Crippen LogP contribution is 2.24. The molecule has 1 aromatic carbocycles. The topological polar surface area (TPSA) is 61.9 Å². The standard InChI is InChI=1S/C18H25N3O3/c1-2-24-16(14-6-4-3-5-7-14)17(22)20-11-8-15(9-12-20)21-13-10-19-18(21)23/h3-7,15-16H,2,8-13H2,1H3,(H,19,23)/t16-/m1/s1. The summed E-state index contributed by atoms with van der Waals surface area (Å²) in [5.41, 5.74) is 0.894. The fraction of sp³-hybridized carbons (Fsp3) is 0.556. The van der Waals surface area contributed by atoms with Gasteiger partial charge < -0.3 is 19.9 Å². The minimum atomic E-state index is -0.539. The van der Waals surface area contributed by atoms with Crippen molar-refractivity contribution in [2.24, 2.45) is 0 Å². The smallest absolute Gasteiger partial charge is 0.317 e. The molecule has 0 aromatic heterocycles. The molecule has 0 radical (unpaired) electrons. The average molecular weight is 331 g/mol. The average Bonchev–Trinajstić information content (AvgIpc) is 3.06. The van der Waals surface area contributed by atoms with Gasteiger partial charge in [0.25, 0.3) is 5.91 Å². The van der Waals surface area contributed by atoms with Gasteiger partial charge in [0.05, 0.1) is 0 Å². The molecule has 3 rings (SSSR count). The van der Waals surface area contributed by atoms with Gasteiger partial charge in [0, 0.05) is 38.8 Å². The maximum atomic E-state index is 12.9. The zero-order valence-corrected chi connectivity index (χ0v) is 14.1. The number of likely N-dealkylation sites (tertiary alicyclic amines) is 1. The van der Waals surface area contributed by atoms with Crippen LogP contribution in [0.2, 0.25) is 0 Å². The Labute approximate surface area is 142 Å². The first kappa shape index (κ1) is 16.8. The molecule has 2 aliphatic heterocycles. The van der Waals surface area contributed by atoms with Crippen molar-refractivity contribution in [1.82, 2.24) is 15.1 Å². The molecule has 130 valence electrons. The van der Waals surface area contributed by atoms with Crippen LogP contribution in [0.5, 0.6) is 0 Å². The lowest BCUT2D eigenvalue weighted by atomic mass is 10.0. The Kier molecular flexibility index (Phi) is 5.35. The lowest BCUT2D eigenvalue weighted by molar-refractivity contribution is -0.145. The first-order chi connectivity index (χ1) is 11.7. The van der Waals surface area contributed by atoms with E-state index in [9.17, 15) is 9.59 Å². The van der Waals surface area contributed by atoms with E-state index in [0.717, 1.165) is 31.5 Å². The van der Waals surface area contributed by atoms with Crippen molar-refractivity contribution >= 4 is 11.9 Å². The number of amides is 3. The second-order valence-electron chi connectivity index (χ2n) is 6.23. The Bertz CT molecular complexity index is 570. The van der Waals surface area contributed by atoms with Crippen molar-refractivity contribution in [2.45, 2.75) is 31.9 Å².